The van der Waals surface area contributed by atoms with E-state index in [0.29, 0.717) is 5.69 Å². The topological polar surface area (TPSA) is 62.0 Å². The number of fused-ring (bicyclic) bond motifs is 1. The molecule has 3 aromatic rings. The zero-order valence-electron chi connectivity index (χ0n) is 12.4. The number of H-pyrrole nitrogens is 1. The number of carbonyl (C=O) groups is 1. The highest BCUT2D eigenvalue weighted by Crippen LogP contribution is 2.30. The number of nitrogens with one attached hydrogen (secondary N) is 2. The Labute approximate surface area is 147 Å². The number of hydrogen-bond donors (Lipinski definition) is 2. The van der Waals surface area contributed by atoms with Crippen LogP contribution >= 0.6 is 15.9 Å². The maximum atomic E-state index is 12.7. The third-order valence-electron chi connectivity index (χ3n) is 3.54. The number of halogens is 4. The second kappa shape index (κ2) is 6.36. The average molecular weight is 411 g/mol. The third-order valence-corrected chi connectivity index (χ3v) is 4.03. The summed E-state index contributed by atoms with van der Waals surface area (Å²) >= 11 is 3.27. The van der Waals surface area contributed by atoms with Crippen molar-refractivity contribution in [3.05, 3.63) is 74.5 Å². The number of aromatic nitrogens is 1. The number of anilines is 1. The van der Waals surface area contributed by atoms with Gasteiger partial charge in [0.15, 0.2) is 0 Å². The Hall–Kier alpha value is -2.61. The molecule has 2 aromatic carbocycles. The molecule has 1 heterocycles. The van der Waals surface area contributed by atoms with Crippen LogP contribution in [0.15, 0.2) is 57.9 Å². The summed E-state index contributed by atoms with van der Waals surface area (Å²) in [6, 6.07) is 9.50. The molecule has 0 aliphatic carbocycles. The Morgan fingerprint density at radius 1 is 1.12 bits per heavy atom. The molecule has 1 amide bonds. The minimum atomic E-state index is -4.51. The Morgan fingerprint density at radius 2 is 1.88 bits per heavy atom. The Bertz CT molecular complexity index is 1030. The summed E-state index contributed by atoms with van der Waals surface area (Å²) in [5.74, 6) is -0.652. The number of alkyl halides is 3. The highest BCUT2D eigenvalue weighted by Gasteiger charge is 2.30. The lowest BCUT2D eigenvalue weighted by Gasteiger charge is -2.09. The zero-order chi connectivity index (χ0) is 18.2. The van der Waals surface area contributed by atoms with Crippen molar-refractivity contribution in [3.8, 4) is 0 Å². The summed E-state index contributed by atoms with van der Waals surface area (Å²) in [5, 5.41) is 2.58. The van der Waals surface area contributed by atoms with Crippen LogP contribution in [0.1, 0.15) is 15.9 Å². The van der Waals surface area contributed by atoms with E-state index in [9.17, 15) is 22.8 Å². The monoisotopic (exact) mass is 410 g/mol. The standard InChI is InChI=1S/C17H10BrF3N2O2/c18-10-2-1-3-11(7-10)23-16(25)13-8-22-14-6-9(17(19,20)21)4-5-12(14)15(13)24/h1-8H,(H,22,24)(H,23,25). The molecule has 0 radical (unpaired) electrons. The molecule has 0 atom stereocenters. The number of aromatic amines is 1. The van der Waals surface area contributed by atoms with Crippen LogP contribution in [-0.4, -0.2) is 10.9 Å². The number of amides is 1. The first kappa shape index (κ1) is 17.2. The molecule has 2 N–H and O–H groups in total. The Morgan fingerprint density at radius 3 is 2.56 bits per heavy atom. The van der Waals surface area contributed by atoms with Crippen molar-refractivity contribution in [1.29, 1.82) is 0 Å². The Kier molecular flexibility index (Phi) is 4.38. The number of pyridine rings is 1. The molecule has 0 saturated heterocycles. The van der Waals surface area contributed by atoms with Gasteiger partial charge in [-0.05, 0) is 36.4 Å². The van der Waals surface area contributed by atoms with Gasteiger partial charge in [0, 0.05) is 27.3 Å². The lowest BCUT2D eigenvalue weighted by molar-refractivity contribution is -0.137. The largest absolute Gasteiger partial charge is 0.416 e. The van der Waals surface area contributed by atoms with Gasteiger partial charge in [0.1, 0.15) is 5.56 Å². The van der Waals surface area contributed by atoms with E-state index < -0.39 is 23.1 Å². The van der Waals surface area contributed by atoms with Crippen molar-refractivity contribution < 1.29 is 18.0 Å². The molecule has 0 saturated carbocycles. The first-order valence-electron chi connectivity index (χ1n) is 7.05. The summed E-state index contributed by atoms with van der Waals surface area (Å²) in [6.45, 7) is 0. The van der Waals surface area contributed by atoms with E-state index in [0.717, 1.165) is 28.9 Å². The van der Waals surface area contributed by atoms with E-state index in [1.165, 1.54) is 0 Å². The lowest BCUT2D eigenvalue weighted by Crippen LogP contribution is -2.22. The van der Waals surface area contributed by atoms with Crippen LogP contribution in [0.5, 0.6) is 0 Å². The number of benzene rings is 2. The summed E-state index contributed by atoms with van der Waals surface area (Å²) < 4.78 is 39.0. The predicted octanol–water partition coefficient (Wildman–Crippen LogP) is 4.56. The summed E-state index contributed by atoms with van der Waals surface area (Å²) in [6.07, 6.45) is -3.40. The normalized spacial score (nSPS) is 11.5. The van der Waals surface area contributed by atoms with Crippen LogP contribution in [0.25, 0.3) is 10.9 Å². The van der Waals surface area contributed by atoms with Gasteiger partial charge < -0.3 is 10.3 Å². The highest BCUT2D eigenvalue weighted by atomic mass is 79.9. The third kappa shape index (κ3) is 3.58. The quantitative estimate of drug-likeness (QED) is 0.650. The molecule has 4 nitrogen and oxygen atoms in total. The molecule has 0 unspecified atom stereocenters. The van der Waals surface area contributed by atoms with E-state index in [1.54, 1.807) is 24.3 Å². The maximum absolute atomic E-state index is 12.7. The van der Waals surface area contributed by atoms with Gasteiger partial charge in [-0.2, -0.15) is 13.2 Å². The second-order valence-corrected chi connectivity index (χ2v) is 6.17. The first-order valence-corrected chi connectivity index (χ1v) is 7.84. The summed E-state index contributed by atoms with van der Waals surface area (Å²) in [4.78, 5) is 27.3. The van der Waals surface area contributed by atoms with Crippen molar-refractivity contribution in [1.82, 2.24) is 4.98 Å². The van der Waals surface area contributed by atoms with Gasteiger partial charge in [-0.3, -0.25) is 9.59 Å². The molecule has 1 aromatic heterocycles. The zero-order valence-corrected chi connectivity index (χ0v) is 14.0. The lowest BCUT2D eigenvalue weighted by atomic mass is 10.1. The van der Waals surface area contributed by atoms with Gasteiger partial charge in [-0.15, -0.1) is 0 Å². The van der Waals surface area contributed by atoms with E-state index in [1.807, 2.05) is 0 Å². The van der Waals surface area contributed by atoms with Crippen LogP contribution in [0.2, 0.25) is 0 Å². The molecule has 0 aliphatic heterocycles. The molecule has 0 fully saturated rings. The maximum Gasteiger partial charge on any atom is 0.416 e. The number of rotatable bonds is 2. The number of carbonyl (C=O) groups excluding carboxylic acids is 1. The van der Waals surface area contributed by atoms with Crippen LogP contribution in [0.4, 0.5) is 18.9 Å². The van der Waals surface area contributed by atoms with Crippen LogP contribution < -0.4 is 10.7 Å². The molecule has 3 rings (SSSR count). The van der Waals surface area contributed by atoms with Crippen molar-refractivity contribution in [2.75, 3.05) is 5.32 Å². The van der Waals surface area contributed by atoms with Crippen LogP contribution in [-0.2, 0) is 6.18 Å². The smallest absolute Gasteiger partial charge is 0.360 e. The molecule has 25 heavy (non-hydrogen) atoms. The molecule has 8 heteroatoms. The number of hydrogen-bond acceptors (Lipinski definition) is 2. The van der Waals surface area contributed by atoms with E-state index in [2.05, 4.69) is 26.2 Å². The predicted molar refractivity (Wildman–Crippen MR) is 91.7 cm³/mol. The minimum absolute atomic E-state index is 0.00916. The molecule has 0 bridgehead atoms. The fraction of sp³-hybridized carbons (Fsp3) is 0.0588. The van der Waals surface area contributed by atoms with E-state index >= 15 is 0 Å². The van der Waals surface area contributed by atoms with Gasteiger partial charge in [-0.25, -0.2) is 0 Å². The molecule has 0 aliphatic rings. The van der Waals surface area contributed by atoms with Gasteiger partial charge in [0.05, 0.1) is 5.56 Å². The van der Waals surface area contributed by atoms with Crippen molar-refractivity contribution >= 4 is 38.4 Å². The van der Waals surface area contributed by atoms with Crippen LogP contribution in [0.3, 0.4) is 0 Å². The first-order chi connectivity index (χ1) is 11.8. The van der Waals surface area contributed by atoms with Crippen molar-refractivity contribution in [3.63, 3.8) is 0 Å². The fourth-order valence-electron chi connectivity index (χ4n) is 2.33. The highest BCUT2D eigenvalue weighted by molar-refractivity contribution is 9.10. The fourth-order valence-corrected chi connectivity index (χ4v) is 2.73. The minimum Gasteiger partial charge on any atom is -0.360 e. The molecular weight excluding hydrogens is 401 g/mol. The van der Waals surface area contributed by atoms with E-state index in [-0.39, 0.29) is 16.5 Å². The second-order valence-electron chi connectivity index (χ2n) is 5.25. The van der Waals surface area contributed by atoms with Crippen molar-refractivity contribution in [2.45, 2.75) is 6.18 Å². The van der Waals surface area contributed by atoms with Gasteiger partial charge in [0.2, 0.25) is 5.43 Å². The van der Waals surface area contributed by atoms with Crippen molar-refractivity contribution in [2.24, 2.45) is 0 Å². The molecule has 128 valence electrons. The summed E-state index contributed by atoms with van der Waals surface area (Å²) in [5.41, 5.74) is -1.21. The Balaban J connectivity index is 1.99. The van der Waals surface area contributed by atoms with Gasteiger partial charge >= 0.3 is 6.18 Å². The van der Waals surface area contributed by atoms with Gasteiger partial charge in [0.25, 0.3) is 5.91 Å². The van der Waals surface area contributed by atoms with E-state index in [4.69, 9.17) is 0 Å². The van der Waals surface area contributed by atoms with Crippen LogP contribution in [0, 0.1) is 0 Å². The molecule has 0 spiro atoms. The SMILES string of the molecule is O=C(Nc1cccc(Br)c1)c1c[nH]c2cc(C(F)(F)F)ccc2c1=O. The average Bonchev–Trinajstić information content (AvgIpc) is 2.54. The summed E-state index contributed by atoms with van der Waals surface area (Å²) in [7, 11) is 0. The molecular formula is C17H10BrF3N2O2. The van der Waals surface area contributed by atoms with Gasteiger partial charge in [-0.1, -0.05) is 22.0 Å².